The molecule has 0 aliphatic carbocycles. The Hall–Kier alpha value is -3.85. The van der Waals surface area contributed by atoms with Gasteiger partial charge in [-0.2, -0.15) is 0 Å². The number of nitrogens with one attached hydrogen (secondary N) is 1. The second-order valence-corrected chi connectivity index (χ2v) is 8.21. The molecule has 0 saturated carbocycles. The van der Waals surface area contributed by atoms with Crippen molar-refractivity contribution < 1.29 is 14.4 Å². The summed E-state index contributed by atoms with van der Waals surface area (Å²) in [6.45, 7) is 0.534. The van der Waals surface area contributed by atoms with Gasteiger partial charge in [-0.1, -0.05) is 12.1 Å². The topological polar surface area (TPSA) is 131 Å². The highest BCUT2D eigenvalue weighted by Crippen LogP contribution is 2.31. The second-order valence-electron chi connectivity index (χ2n) is 7.24. The van der Waals surface area contributed by atoms with Crippen molar-refractivity contribution >= 4 is 41.0 Å². The highest BCUT2D eigenvalue weighted by Gasteiger charge is 2.23. The van der Waals surface area contributed by atoms with E-state index in [0.29, 0.717) is 40.6 Å². The van der Waals surface area contributed by atoms with E-state index in [-0.39, 0.29) is 5.91 Å². The zero-order chi connectivity index (χ0) is 22.7. The number of carbonyl (C=O) groups excluding carboxylic acids is 3. The highest BCUT2D eigenvalue weighted by atomic mass is 32.2. The second kappa shape index (κ2) is 9.11. The summed E-state index contributed by atoms with van der Waals surface area (Å²) in [5.74, 6) is -0.158. The van der Waals surface area contributed by atoms with E-state index in [0.717, 1.165) is 16.8 Å². The third kappa shape index (κ3) is 4.57. The number of amides is 4. The van der Waals surface area contributed by atoms with Gasteiger partial charge in [-0.05, 0) is 60.0 Å². The minimum atomic E-state index is -0.484. The zero-order valence-corrected chi connectivity index (χ0v) is 17.9. The van der Waals surface area contributed by atoms with Crippen LogP contribution in [0.5, 0.6) is 0 Å². The molecule has 0 unspecified atom stereocenters. The number of hydrogen-bond acceptors (Lipinski definition) is 5. The third-order valence-electron chi connectivity index (χ3n) is 5.13. The minimum absolute atomic E-state index is 0.269. The lowest BCUT2D eigenvalue weighted by Gasteiger charge is -2.14. The normalized spacial score (nSPS) is 12.3. The van der Waals surface area contributed by atoms with Crippen LogP contribution < -0.4 is 21.7 Å². The van der Waals surface area contributed by atoms with Crippen LogP contribution in [0.2, 0.25) is 0 Å². The lowest BCUT2D eigenvalue weighted by molar-refractivity contribution is 0.0997. The summed E-state index contributed by atoms with van der Waals surface area (Å²) >= 11 is 1.43. The van der Waals surface area contributed by atoms with Gasteiger partial charge in [0.1, 0.15) is 5.03 Å². The van der Waals surface area contributed by atoms with E-state index < -0.39 is 11.9 Å². The molecule has 8 nitrogen and oxygen atoms in total. The number of benzene rings is 2. The molecule has 2 aromatic carbocycles. The maximum Gasteiger partial charge on any atom is 0.319 e. The molecule has 1 aliphatic rings. The quantitative estimate of drug-likeness (QED) is 0.500. The number of rotatable bonds is 6. The lowest BCUT2D eigenvalue weighted by atomic mass is 10.1. The molecule has 32 heavy (non-hydrogen) atoms. The molecule has 0 spiro atoms. The Morgan fingerprint density at radius 2 is 1.84 bits per heavy atom. The SMILES string of the molecule is NC(=O)c1ccc(CSc2ncccc2C(=O)Nc2ccc3c(c2)CCN3C(N)=O)cc1. The van der Waals surface area contributed by atoms with E-state index in [2.05, 4.69) is 10.3 Å². The average Bonchev–Trinajstić information content (AvgIpc) is 3.21. The number of nitrogens with two attached hydrogens (primary N) is 2. The molecule has 2 heterocycles. The third-order valence-corrected chi connectivity index (χ3v) is 6.21. The predicted octanol–water partition coefficient (Wildman–Crippen LogP) is 3.17. The predicted molar refractivity (Wildman–Crippen MR) is 124 cm³/mol. The number of pyridine rings is 1. The van der Waals surface area contributed by atoms with Gasteiger partial charge in [0.2, 0.25) is 5.91 Å². The minimum Gasteiger partial charge on any atom is -0.366 e. The smallest absolute Gasteiger partial charge is 0.319 e. The molecule has 1 aliphatic heterocycles. The Labute approximate surface area is 189 Å². The number of nitrogens with zero attached hydrogens (tertiary/aromatic N) is 2. The number of aromatic nitrogens is 1. The van der Waals surface area contributed by atoms with Crippen LogP contribution in [0.25, 0.3) is 0 Å². The van der Waals surface area contributed by atoms with Crippen LogP contribution in [0, 0.1) is 0 Å². The summed E-state index contributed by atoms with van der Waals surface area (Å²) in [5.41, 5.74) is 14.9. The number of thioether (sulfide) groups is 1. The Kier molecular flexibility index (Phi) is 6.09. The van der Waals surface area contributed by atoms with Crippen molar-refractivity contribution in [3.8, 4) is 0 Å². The largest absolute Gasteiger partial charge is 0.366 e. The molecule has 5 N–H and O–H groups in total. The first-order valence-corrected chi connectivity index (χ1v) is 10.9. The maximum atomic E-state index is 12.9. The van der Waals surface area contributed by atoms with Crippen molar-refractivity contribution in [2.24, 2.45) is 11.5 Å². The summed E-state index contributed by atoms with van der Waals surface area (Å²) in [5, 5.41) is 3.51. The van der Waals surface area contributed by atoms with Crippen molar-refractivity contribution in [3.63, 3.8) is 0 Å². The Bertz CT molecular complexity index is 1200. The number of primary amides is 2. The number of fused-ring (bicyclic) bond motifs is 1. The first-order valence-electron chi connectivity index (χ1n) is 9.90. The van der Waals surface area contributed by atoms with Crippen LogP contribution in [0.4, 0.5) is 16.2 Å². The molecule has 3 aromatic rings. The van der Waals surface area contributed by atoms with Gasteiger partial charge in [0, 0.05) is 35.4 Å². The van der Waals surface area contributed by atoms with Gasteiger partial charge in [-0.3, -0.25) is 14.5 Å². The Morgan fingerprint density at radius 1 is 1.06 bits per heavy atom. The standard InChI is InChI=1S/C23H21N5O3S/c24-20(29)15-5-3-14(4-6-15)13-32-22-18(2-1-10-26-22)21(30)27-17-7-8-19-16(12-17)9-11-28(19)23(25)31/h1-8,10,12H,9,11,13H2,(H2,24,29)(H2,25,31)(H,27,30). The van der Waals surface area contributed by atoms with Crippen molar-refractivity contribution in [1.82, 2.24) is 4.98 Å². The Balaban J connectivity index is 1.46. The summed E-state index contributed by atoms with van der Waals surface area (Å²) in [6, 6.07) is 15.4. The van der Waals surface area contributed by atoms with E-state index in [9.17, 15) is 14.4 Å². The summed E-state index contributed by atoms with van der Waals surface area (Å²) in [4.78, 5) is 41.5. The molecular formula is C23H21N5O3S. The van der Waals surface area contributed by atoms with E-state index in [4.69, 9.17) is 11.5 Å². The van der Waals surface area contributed by atoms with Crippen LogP contribution >= 0.6 is 11.8 Å². The Morgan fingerprint density at radius 3 is 2.56 bits per heavy atom. The summed E-state index contributed by atoms with van der Waals surface area (Å²) in [7, 11) is 0. The molecule has 4 rings (SSSR count). The van der Waals surface area contributed by atoms with Gasteiger partial charge in [-0.25, -0.2) is 9.78 Å². The van der Waals surface area contributed by atoms with Gasteiger partial charge in [0.15, 0.2) is 0 Å². The maximum absolute atomic E-state index is 12.9. The molecule has 0 radical (unpaired) electrons. The zero-order valence-electron chi connectivity index (χ0n) is 17.1. The molecule has 0 bridgehead atoms. The van der Waals surface area contributed by atoms with Crippen LogP contribution in [-0.4, -0.2) is 29.4 Å². The molecule has 1 aromatic heterocycles. The molecular weight excluding hydrogens is 426 g/mol. The first kappa shape index (κ1) is 21.4. The van der Waals surface area contributed by atoms with Crippen molar-refractivity contribution in [3.05, 3.63) is 83.0 Å². The molecule has 162 valence electrons. The molecule has 0 atom stereocenters. The van der Waals surface area contributed by atoms with Crippen LogP contribution in [-0.2, 0) is 12.2 Å². The van der Waals surface area contributed by atoms with Gasteiger partial charge >= 0.3 is 6.03 Å². The van der Waals surface area contributed by atoms with Crippen LogP contribution in [0.3, 0.4) is 0 Å². The molecule has 4 amide bonds. The number of anilines is 2. The monoisotopic (exact) mass is 447 g/mol. The summed E-state index contributed by atoms with van der Waals surface area (Å²) < 4.78 is 0. The average molecular weight is 448 g/mol. The first-order chi connectivity index (χ1) is 15.4. The van der Waals surface area contributed by atoms with E-state index in [1.165, 1.54) is 16.7 Å². The fourth-order valence-electron chi connectivity index (χ4n) is 3.50. The molecule has 0 saturated heterocycles. The van der Waals surface area contributed by atoms with Crippen molar-refractivity contribution in [2.45, 2.75) is 17.2 Å². The fraction of sp³-hybridized carbons (Fsp3) is 0.130. The number of carbonyl (C=O) groups is 3. The van der Waals surface area contributed by atoms with Gasteiger partial charge < -0.3 is 16.8 Å². The van der Waals surface area contributed by atoms with Crippen LogP contribution in [0.1, 0.15) is 31.8 Å². The fourth-order valence-corrected chi connectivity index (χ4v) is 4.45. The van der Waals surface area contributed by atoms with Gasteiger partial charge in [0.05, 0.1) is 5.56 Å². The number of hydrogen-bond donors (Lipinski definition) is 3. The van der Waals surface area contributed by atoms with Crippen molar-refractivity contribution in [2.75, 3.05) is 16.8 Å². The van der Waals surface area contributed by atoms with E-state index in [1.807, 2.05) is 18.2 Å². The van der Waals surface area contributed by atoms with E-state index in [1.54, 1.807) is 42.6 Å². The molecule has 9 heteroatoms. The number of urea groups is 1. The van der Waals surface area contributed by atoms with Gasteiger partial charge in [-0.15, -0.1) is 11.8 Å². The lowest BCUT2D eigenvalue weighted by Crippen LogP contribution is -2.33. The van der Waals surface area contributed by atoms with Gasteiger partial charge in [0.25, 0.3) is 5.91 Å². The van der Waals surface area contributed by atoms with Crippen molar-refractivity contribution in [1.29, 1.82) is 0 Å². The van der Waals surface area contributed by atoms with Crippen LogP contribution in [0.15, 0.2) is 65.8 Å². The molecule has 0 fully saturated rings. The summed E-state index contributed by atoms with van der Waals surface area (Å²) in [6.07, 6.45) is 2.33. The van der Waals surface area contributed by atoms with E-state index >= 15 is 0 Å². The highest BCUT2D eigenvalue weighted by molar-refractivity contribution is 7.98.